The van der Waals surface area contributed by atoms with Gasteiger partial charge in [-0.2, -0.15) is 15.0 Å². The fourth-order valence-electron chi connectivity index (χ4n) is 2.56. The Morgan fingerprint density at radius 3 is 2.40 bits per heavy atom. The Labute approximate surface area is 126 Å². The molecule has 0 saturated heterocycles. The smallest absolute Gasteiger partial charge is 0.231 e. The molecule has 5 nitrogen and oxygen atoms in total. The Morgan fingerprint density at radius 2 is 1.85 bits per heavy atom. The molecule has 1 N–H and O–H groups in total. The first-order valence-electron chi connectivity index (χ1n) is 7.53. The van der Waals surface area contributed by atoms with Crippen LogP contribution in [0, 0.1) is 5.41 Å². The minimum Gasteiger partial charge on any atom is -0.353 e. The van der Waals surface area contributed by atoms with Crippen molar-refractivity contribution in [3.8, 4) is 0 Å². The molecule has 2 rings (SSSR count). The molecule has 1 saturated carbocycles. The zero-order valence-electron chi connectivity index (χ0n) is 12.6. The highest BCUT2D eigenvalue weighted by atomic mass is 35.5. The standard InChI is InChI=1S/C14H24ClN5/c1-4-7-14(8-9-14)10-16-12-17-11(15)18-13(19-12)20(5-2)6-3/h4-10H2,1-3H3,(H,16,17,18,19). The molecule has 6 heteroatoms. The maximum absolute atomic E-state index is 6.01. The summed E-state index contributed by atoms with van der Waals surface area (Å²) in [5, 5.41) is 3.60. The first-order valence-corrected chi connectivity index (χ1v) is 7.90. The lowest BCUT2D eigenvalue weighted by Gasteiger charge is -2.20. The van der Waals surface area contributed by atoms with Crippen molar-refractivity contribution in [2.75, 3.05) is 29.9 Å². The Bertz CT molecular complexity index is 443. The molecule has 1 heterocycles. The van der Waals surface area contributed by atoms with Gasteiger partial charge in [0.05, 0.1) is 0 Å². The van der Waals surface area contributed by atoms with Gasteiger partial charge in [-0.3, -0.25) is 0 Å². The van der Waals surface area contributed by atoms with Crippen molar-refractivity contribution in [3.63, 3.8) is 0 Å². The summed E-state index contributed by atoms with van der Waals surface area (Å²) >= 11 is 6.01. The number of nitrogens with zero attached hydrogens (tertiary/aromatic N) is 4. The van der Waals surface area contributed by atoms with Crippen molar-refractivity contribution in [1.82, 2.24) is 15.0 Å². The maximum Gasteiger partial charge on any atom is 0.231 e. The van der Waals surface area contributed by atoms with Crippen molar-refractivity contribution in [2.24, 2.45) is 5.41 Å². The molecule has 0 bridgehead atoms. The Morgan fingerprint density at radius 1 is 1.15 bits per heavy atom. The highest BCUT2D eigenvalue weighted by Crippen LogP contribution is 2.49. The van der Waals surface area contributed by atoms with Crippen molar-refractivity contribution >= 4 is 23.5 Å². The van der Waals surface area contributed by atoms with Crippen LogP contribution < -0.4 is 10.2 Å². The van der Waals surface area contributed by atoms with Crippen LogP contribution in [-0.2, 0) is 0 Å². The summed E-state index contributed by atoms with van der Waals surface area (Å²) in [6, 6.07) is 0. The highest BCUT2D eigenvalue weighted by Gasteiger charge is 2.41. The molecule has 1 aromatic heterocycles. The van der Waals surface area contributed by atoms with E-state index >= 15 is 0 Å². The number of rotatable bonds is 8. The molecule has 0 unspecified atom stereocenters. The number of aromatic nitrogens is 3. The van der Waals surface area contributed by atoms with Crippen molar-refractivity contribution in [2.45, 2.75) is 46.5 Å². The van der Waals surface area contributed by atoms with Gasteiger partial charge in [-0.05, 0) is 50.1 Å². The summed E-state index contributed by atoms with van der Waals surface area (Å²) in [5.74, 6) is 1.24. The topological polar surface area (TPSA) is 53.9 Å². The van der Waals surface area contributed by atoms with Gasteiger partial charge in [0.25, 0.3) is 0 Å². The molecule has 0 aliphatic heterocycles. The minimum absolute atomic E-state index is 0.254. The molecule has 112 valence electrons. The Hall–Kier alpha value is -1.10. The van der Waals surface area contributed by atoms with Gasteiger partial charge < -0.3 is 10.2 Å². The summed E-state index contributed by atoms with van der Waals surface area (Å²) < 4.78 is 0. The van der Waals surface area contributed by atoms with E-state index in [2.05, 4.69) is 45.9 Å². The molecule has 0 radical (unpaired) electrons. The quantitative estimate of drug-likeness (QED) is 0.797. The Kier molecular flexibility index (Phi) is 5.02. The summed E-state index contributed by atoms with van der Waals surface area (Å²) in [6.07, 6.45) is 5.09. The van der Waals surface area contributed by atoms with Crippen LogP contribution in [0.2, 0.25) is 5.28 Å². The third-order valence-electron chi connectivity index (χ3n) is 4.00. The first kappa shape index (κ1) is 15.3. The first-order chi connectivity index (χ1) is 9.62. The fourth-order valence-corrected chi connectivity index (χ4v) is 2.71. The van der Waals surface area contributed by atoms with E-state index in [1.807, 2.05) is 0 Å². The minimum atomic E-state index is 0.254. The number of anilines is 2. The molecule has 0 aromatic carbocycles. The lowest BCUT2D eigenvalue weighted by Crippen LogP contribution is -2.25. The second-order valence-electron chi connectivity index (χ2n) is 5.50. The van der Waals surface area contributed by atoms with E-state index in [0.29, 0.717) is 17.3 Å². The lowest BCUT2D eigenvalue weighted by molar-refractivity contribution is 0.484. The van der Waals surface area contributed by atoms with E-state index in [9.17, 15) is 0 Å². The molecular formula is C14H24ClN5. The van der Waals surface area contributed by atoms with Gasteiger partial charge in [0.2, 0.25) is 17.2 Å². The molecule has 1 fully saturated rings. The maximum atomic E-state index is 6.01. The third kappa shape index (κ3) is 3.72. The van der Waals surface area contributed by atoms with Crippen molar-refractivity contribution in [3.05, 3.63) is 5.28 Å². The number of halogens is 1. The van der Waals surface area contributed by atoms with Crippen LogP contribution >= 0.6 is 11.6 Å². The average Bonchev–Trinajstić information content (AvgIpc) is 3.18. The van der Waals surface area contributed by atoms with E-state index in [1.54, 1.807) is 0 Å². The van der Waals surface area contributed by atoms with E-state index < -0.39 is 0 Å². The summed E-state index contributed by atoms with van der Waals surface area (Å²) in [6.45, 7) is 9.03. The van der Waals surface area contributed by atoms with Crippen LogP contribution in [0.4, 0.5) is 11.9 Å². The summed E-state index contributed by atoms with van der Waals surface area (Å²) in [7, 11) is 0. The second kappa shape index (κ2) is 6.57. The molecule has 1 aliphatic rings. The van der Waals surface area contributed by atoms with E-state index in [4.69, 9.17) is 11.6 Å². The van der Waals surface area contributed by atoms with Gasteiger partial charge in [0, 0.05) is 19.6 Å². The largest absolute Gasteiger partial charge is 0.353 e. The van der Waals surface area contributed by atoms with E-state index in [0.717, 1.165) is 19.6 Å². The van der Waals surface area contributed by atoms with Crippen LogP contribution in [0.3, 0.4) is 0 Å². The normalized spacial score (nSPS) is 16.0. The number of hydrogen-bond donors (Lipinski definition) is 1. The van der Waals surface area contributed by atoms with Gasteiger partial charge >= 0.3 is 0 Å². The monoisotopic (exact) mass is 297 g/mol. The SMILES string of the molecule is CCCC1(CNc2nc(Cl)nc(N(CC)CC)n2)CC1. The van der Waals surface area contributed by atoms with Crippen LogP contribution in [0.25, 0.3) is 0 Å². The molecule has 20 heavy (non-hydrogen) atoms. The number of hydrogen-bond acceptors (Lipinski definition) is 5. The molecular weight excluding hydrogens is 274 g/mol. The number of nitrogens with one attached hydrogen (secondary N) is 1. The predicted octanol–water partition coefficient (Wildman–Crippen LogP) is 3.36. The molecule has 0 atom stereocenters. The van der Waals surface area contributed by atoms with Gasteiger partial charge in [-0.25, -0.2) is 0 Å². The van der Waals surface area contributed by atoms with Gasteiger partial charge in [0.15, 0.2) is 0 Å². The van der Waals surface area contributed by atoms with Crippen LogP contribution in [0.1, 0.15) is 46.5 Å². The van der Waals surface area contributed by atoms with E-state index in [-0.39, 0.29) is 5.28 Å². The van der Waals surface area contributed by atoms with Crippen LogP contribution in [0.15, 0.2) is 0 Å². The van der Waals surface area contributed by atoms with E-state index in [1.165, 1.54) is 25.7 Å². The van der Waals surface area contributed by atoms with Crippen LogP contribution in [-0.4, -0.2) is 34.6 Å². The van der Waals surface area contributed by atoms with Gasteiger partial charge in [-0.15, -0.1) is 0 Å². The average molecular weight is 298 g/mol. The molecule has 1 aliphatic carbocycles. The van der Waals surface area contributed by atoms with Gasteiger partial charge in [0.1, 0.15) is 0 Å². The fraction of sp³-hybridized carbons (Fsp3) is 0.786. The molecule has 0 spiro atoms. The summed E-state index contributed by atoms with van der Waals surface area (Å²) in [4.78, 5) is 14.9. The summed E-state index contributed by atoms with van der Waals surface area (Å²) in [5.41, 5.74) is 0.462. The predicted molar refractivity (Wildman–Crippen MR) is 83.5 cm³/mol. The second-order valence-corrected chi connectivity index (χ2v) is 5.84. The molecule has 1 aromatic rings. The zero-order valence-corrected chi connectivity index (χ0v) is 13.4. The highest BCUT2D eigenvalue weighted by molar-refractivity contribution is 6.28. The third-order valence-corrected chi connectivity index (χ3v) is 4.17. The lowest BCUT2D eigenvalue weighted by atomic mass is 10.0. The van der Waals surface area contributed by atoms with Crippen LogP contribution in [0.5, 0.6) is 0 Å². The molecule has 0 amide bonds. The van der Waals surface area contributed by atoms with Crippen molar-refractivity contribution in [1.29, 1.82) is 0 Å². The van der Waals surface area contributed by atoms with Crippen molar-refractivity contribution < 1.29 is 0 Å². The Balaban J connectivity index is 2.04. The zero-order chi connectivity index (χ0) is 14.6. The van der Waals surface area contributed by atoms with Gasteiger partial charge in [-0.1, -0.05) is 13.3 Å².